The first kappa shape index (κ1) is 19.3. The zero-order valence-corrected chi connectivity index (χ0v) is 15.8. The Morgan fingerprint density at radius 2 is 1.81 bits per heavy atom. The van der Waals surface area contributed by atoms with Gasteiger partial charge in [-0.2, -0.15) is 0 Å². The van der Waals surface area contributed by atoms with E-state index in [1.54, 1.807) is 12.1 Å². The van der Waals surface area contributed by atoms with Gasteiger partial charge in [0.05, 0.1) is 18.1 Å². The second-order valence-corrected chi connectivity index (χ2v) is 9.72. The van der Waals surface area contributed by atoms with Gasteiger partial charge >= 0.3 is 0 Å². The van der Waals surface area contributed by atoms with E-state index in [1.807, 2.05) is 0 Å². The van der Waals surface area contributed by atoms with Gasteiger partial charge in [-0.25, -0.2) is 12.8 Å². The number of carbonyl (C=O) groups excluding carboxylic acids is 1. The number of nitrogens with zero attached hydrogens (tertiary/aromatic N) is 1. The Labute approximate surface area is 154 Å². The first-order valence-electron chi connectivity index (χ1n) is 9.39. The quantitative estimate of drug-likeness (QED) is 0.820. The van der Waals surface area contributed by atoms with Crippen molar-refractivity contribution in [2.75, 3.05) is 18.1 Å². The highest BCUT2D eigenvalue weighted by Crippen LogP contribution is 2.24. The number of hydrogen-bond acceptors (Lipinski definition) is 4. The molecule has 0 radical (unpaired) electrons. The van der Waals surface area contributed by atoms with E-state index in [4.69, 9.17) is 0 Å². The van der Waals surface area contributed by atoms with Gasteiger partial charge in [-0.15, -0.1) is 0 Å². The Morgan fingerprint density at radius 3 is 2.42 bits per heavy atom. The third-order valence-electron chi connectivity index (χ3n) is 5.33. The number of benzene rings is 1. The first-order chi connectivity index (χ1) is 12.4. The van der Waals surface area contributed by atoms with Gasteiger partial charge in [-0.3, -0.25) is 9.69 Å². The molecule has 1 aromatic carbocycles. The van der Waals surface area contributed by atoms with Crippen molar-refractivity contribution in [3.63, 3.8) is 0 Å². The second kappa shape index (κ2) is 8.48. The van der Waals surface area contributed by atoms with Gasteiger partial charge in [0.2, 0.25) is 5.91 Å². The Balaban J connectivity index is 1.62. The van der Waals surface area contributed by atoms with Gasteiger partial charge in [-0.05, 0) is 37.0 Å². The minimum Gasteiger partial charge on any atom is -0.351 e. The van der Waals surface area contributed by atoms with Crippen LogP contribution < -0.4 is 5.32 Å². The number of hydrogen-bond donors (Lipinski definition) is 1. The molecule has 1 heterocycles. The molecule has 7 heteroatoms. The summed E-state index contributed by atoms with van der Waals surface area (Å²) in [7, 11) is -3.01. The number of rotatable bonds is 6. The number of sulfone groups is 1. The van der Waals surface area contributed by atoms with Crippen molar-refractivity contribution in [3.05, 3.63) is 35.6 Å². The minimum absolute atomic E-state index is 0.0418. The van der Waals surface area contributed by atoms with E-state index < -0.39 is 9.84 Å². The Bertz CT molecular complexity index is 715. The monoisotopic (exact) mass is 382 g/mol. The summed E-state index contributed by atoms with van der Waals surface area (Å²) < 4.78 is 36.3. The molecule has 1 N–H and O–H groups in total. The van der Waals surface area contributed by atoms with E-state index in [0.29, 0.717) is 19.0 Å². The van der Waals surface area contributed by atoms with Crippen LogP contribution in [0.25, 0.3) is 0 Å². The molecule has 0 unspecified atom stereocenters. The molecule has 1 saturated carbocycles. The zero-order valence-electron chi connectivity index (χ0n) is 15.0. The van der Waals surface area contributed by atoms with E-state index in [2.05, 4.69) is 10.2 Å². The topological polar surface area (TPSA) is 66.5 Å². The van der Waals surface area contributed by atoms with Crippen LogP contribution in [-0.4, -0.2) is 49.4 Å². The molecule has 0 aromatic heterocycles. The molecule has 0 bridgehead atoms. The molecule has 0 spiro atoms. The predicted molar refractivity (Wildman–Crippen MR) is 98.9 cm³/mol. The maximum absolute atomic E-state index is 13.2. The molecule has 1 saturated heterocycles. The minimum atomic E-state index is -3.01. The summed E-state index contributed by atoms with van der Waals surface area (Å²) in [5, 5.41) is 2.88. The van der Waals surface area contributed by atoms with Crippen LogP contribution in [-0.2, 0) is 21.2 Å². The average Bonchev–Trinajstić information content (AvgIpc) is 2.95. The van der Waals surface area contributed by atoms with Crippen molar-refractivity contribution in [1.29, 1.82) is 0 Å². The Morgan fingerprint density at radius 1 is 1.12 bits per heavy atom. The maximum Gasteiger partial charge on any atom is 0.234 e. The summed E-state index contributed by atoms with van der Waals surface area (Å²) in [6.07, 6.45) is 6.17. The van der Waals surface area contributed by atoms with E-state index in [9.17, 15) is 17.6 Å². The van der Waals surface area contributed by atoms with Gasteiger partial charge in [0.15, 0.2) is 9.84 Å². The molecule has 2 fully saturated rings. The summed E-state index contributed by atoms with van der Waals surface area (Å²) in [4.78, 5) is 14.7. The Hall–Kier alpha value is -1.47. The van der Waals surface area contributed by atoms with Crippen LogP contribution in [0, 0.1) is 5.82 Å². The number of nitrogens with one attached hydrogen (secondary N) is 1. The van der Waals surface area contributed by atoms with Crippen molar-refractivity contribution in [1.82, 2.24) is 10.2 Å². The van der Waals surface area contributed by atoms with Crippen LogP contribution in [0.2, 0.25) is 0 Å². The van der Waals surface area contributed by atoms with Crippen molar-refractivity contribution >= 4 is 15.7 Å². The van der Waals surface area contributed by atoms with E-state index in [0.717, 1.165) is 31.2 Å². The third kappa shape index (κ3) is 5.51. The highest BCUT2D eigenvalue weighted by atomic mass is 32.2. The lowest BCUT2D eigenvalue weighted by atomic mass is 9.93. The zero-order chi connectivity index (χ0) is 18.6. The van der Waals surface area contributed by atoms with Gasteiger partial charge < -0.3 is 5.32 Å². The predicted octanol–water partition coefficient (Wildman–Crippen LogP) is 2.26. The molecule has 26 heavy (non-hydrogen) atoms. The average molecular weight is 383 g/mol. The molecular weight excluding hydrogens is 355 g/mol. The summed E-state index contributed by atoms with van der Waals surface area (Å²) in [6, 6.07) is 6.47. The molecule has 1 amide bonds. The van der Waals surface area contributed by atoms with Gasteiger partial charge in [-0.1, -0.05) is 31.4 Å². The van der Waals surface area contributed by atoms with E-state index in [-0.39, 0.29) is 35.8 Å². The van der Waals surface area contributed by atoms with E-state index in [1.165, 1.54) is 18.6 Å². The fourth-order valence-electron chi connectivity index (χ4n) is 3.95. The molecule has 1 atom stereocenters. The van der Waals surface area contributed by atoms with Crippen LogP contribution in [0.1, 0.15) is 44.1 Å². The van der Waals surface area contributed by atoms with Crippen LogP contribution in [0.4, 0.5) is 4.39 Å². The summed E-state index contributed by atoms with van der Waals surface area (Å²) in [5.41, 5.74) is 0.980. The smallest absolute Gasteiger partial charge is 0.234 e. The molecule has 144 valence electrons. The fraction of sp³-hybridized carbons (Fsp3) is 0.632. The molecule has 1 aromatic rings. The molecule has 5 nitrogen and oxygen atoms in total. The molecule has 2 aliphatic rings. The maximum atomic E-state index is 13.2. The number of halogens is 1. The highest BCUT2D eigenvalue weighted by Gasteiger charge is 2.30. The largest absolute Gasteiger partial charge is 0.351 e. The fourth-order valence-corrected chi connectivity index (χ4v) is 5.62. The van der Waals surface area contributed by atoms with Crippen LogP contribution >= 0.6 is 0 Å². The van der Waals surface area contributed by atoms with Gasteiger partial charge in [0.1, 0.15) is 5.82 Å². The molecule has 1 aliphatic carbocycles. The lowest BCUT2D eigenvalue weighted by Gasteiger charge is -2.34. The van der Waals surface area contributed by atoms with Gasteiger partial charge in [0.25, 0.3) is 0 Å². The van der Waals surface area contributed by atoms with Crippen molar-refractivity contribution in [3.8, 4) is 0 Å². The van der Waals surface area contributed by atoms with Crippen molar-refractivity contribution in [2.24, 2.45) is 0 Å². The lowest BCUT2D eigenvalue weighted by molar-refractivity contribution is -0.123. The third-order valence-corrected chi connectivity index (χ3v) is 7.10. The number of carbonyl (C=O) groups is 1. The lowest BCUT2D eigenvalue weighted by Crippen LogP contribution is -2.46. The highest BCUT2D eigenvalue weighted by molar-refractivity contribution is 7.91. The normalized spacial score (nSPS) is 23.2. The second-order valence-electron chi connectivity index (χ2n) is 7.49. The summed E-state index contributed by atoms with van der Waals surface area (Å²) >= 11 is 0. The Kier molecular flexibility index (Phi) is 6.29. The van der Waals surface area contributed by atoms with Gasteiger partial charge in [0, 0.05) is 18.6 Å². The molecule has 3 rings (SSSR count). The van der Waals surface area contributed by atoms with Crippen molar-refractivity contribution in [2.45, 2.75) is 57.2 Å². The SMILES string of the molecule is O=C(CN(Cc1ccc(F)cc1)C1CCCCC1)N[C@@H]1CCS(=O)(=O)C1. The van der Waals surface area contributed by atoms with Crippen LogP contribution in [0.3, 0.4) is 0 Å². The van der Waals surface area contributed by atoms with Crippen LogP contribution in [0.15, 0.2) is 24.3 Å². The summed E-state index contributed by atoms with van der Waals surface area (Å²) in [6.45, 7) is 0.847. The first-order valence-corrected chi connectivity index (χ1v) is 11.2. The standard InChI is InChI=1S/C19H27FN2O3S/c20-16-8-6-15(7-9-16)12-22(18-4-2-1-3-5-18)13-19(23)21-17-10-11-26(24,25)14-17/h6-9,17-18H,1-5,10-14H2,(H,21,23)/t17-/m1/s1. The molecule has 1 aliphatic heterocycles. The summed E-state index contributed by atoms with van der Waals surface area (Å²) in [5.74, 6) is -0.196. The van der Waals surface area contributed by atoms with Crippen molar-refractivity contribution < 1.29 is 17.6 Å². The van der Waals surface area contributed by atoms with Crippen LogP contribution in [0.5, 0.6) is 0 Å². The van der Waals surface area contributed by atoms with E-state index >= 15 is 0 Å². The molecular formula is C19H27FN2O3S. The number of amides is 1.